The van der Waals surface area contributed by atoms with Crippen LogP contribution >= 0.6 is 23.1 Å². The summed E-state index contributed by atoms with van der Waals surface area (Å²) in [6, 6.07) is -0.161. The van der Waals surface area contributed by atoms with Crippen LogP contribution in [0.5, 0.6) is 0 Å². The first-order chi connectivity index (χ1) is 8.92. The predicted molar refractivity (Wildman–Crippen MR) is 79.7 cm³/mol. The van der Waals surface area contributed by atoms with Gasteiger partial charge in [-0.15, -0.1) is 11.3 Å². The summed E-state index contributed by atoms with van der Waals surface area (Å²) in [5.41, 5.74) is -0.327. The Morgan fingerprint density at radius 3 is 2.79 bits per heavy atom. The summed E-state index contributed by atoms with van der Waals surface area (Å²) in [5.74, 6) is 1.45. The molecule has 6 heteroatoms. The third kappa shape index (κ3) is 3.30. The summed E-state index contributed by atoms with van der Waals surface area (Å²) in [5, 5.41) is 16.1. The summed E-state index contributed by atoms with van der Waals surface area (Å²) >= 11 is 3.23. The van der Waals surface area contributed by atoms with E-state index in [0.29, 0.717) is 18.1 Å². The van der Waals surface area contributed by atoms with E-state index in [0.717, 1.165) is 16.5 Å². The second kappa shape index (κ2) is 5.81. The summed E-state index contributed by atoms with van der Waals surface area (Å²) in [4.78, 5) is 16.6. The number of amides is 1. The van der Waals surface area contributed by atoms with Gasteiger partial charge in [0.05, 0.1) is 16.7 Å². The number of hydrogen-bond acceptors (Lipinski definition) is 5. The fourth-order valence-electron chi connectivity index (χ4n) is 1.90. The molecule has 2 rings (SSSR count). The minimum absolute atomic E-state index is 0.161. The molecule has 0 radical (unpaired) electrons. The van der Waals surface area contributed by atoms with Crippen molar-refractivity contribution in [3.05, 3.63) is 16.1 Å². The van der Waals surface area contributed by atoms with Crippen molar-refractivity contribution in [2.24, 2.45) is 0 Å². The van der Waals surface area contributed by atoms with E-state index < -0.39 is 5.60 Å². The lowest BCUT2D eigenvalue weighted by Crippen LogP contribution is -2.47. The Hall–Kier alpha value is -0.590. The quantitative estimate of drug-likeness (QED) is 0.896. The number of thiazole rings is 1. The van der Waals surface area contributed by atoms with Gasteiger partial charge in [0.25, 0.3) is 5.91 Å². The van der Waals surface area contributed by atoms with Crippen molar-refractivity contribution >= 4 is 29.0 Å². The van der Waals surface area contributed by atoms with E-state index in [9.17, 15) is 9.90 Å². The molecule has 0 bridgehead atoms. The molecule has 1 aliphatic heterocycles. The zero-order valence-electron chi connectivity index (χ0n) is 11.5. The highest BCUT2D eigenvalue weighted by molar-refractivity contribution is 7.99. The van der Waals surface area contributed by atoms with Crippen molar-refractivity contribution < 1.29 is 9.90 Å². The van der Waals surface area contributed by atoms with Crippen molar-refractivity contribution in [2.45, 2.75) is 44.8 Å². The highest BCUT2D eigenvalue weighted by Gasteiger charge is 2.40. The monoisotopic (exact) mass is 300 g/mol. The van der Waals surface area contributed by atoms with Crippen LogP contribution in [0.25, 0.3) is 0 Å². The van der Waals surface area contributed by atoms with Gasteiger partial charge in [0.1, 0.15) is 0 Å². The van der Waals surface area contributed by atoms with Gasteiger partial charge in [-0.05, 0) is 19.1 Å². The Bertz CT molecular complexity index is 453. The molecule has 0 aliphatic carbocycles. The van der Waals surface area contributed by atoms with Crippen LogP contribution in [-0.2, 0) is 4.79 Å². The Kier molecular flexibility index (Phi) is 4.53. The van der Waals surface area contributed by atoms with Gasteiger partial charge in [-0.3, -0.25) is 4.79 Å². The number of aliphatic hydroxyl groups is 1. The fraction of sp³-hybridized carbons (Fsp3) is 0.692. The summed E-state index contributed by atoms with van der Waals surface area (Å²) < 4.78 is 0. The lowest BCUT2D eigenvalue weighted by Gasteiger charge is -2.22. The molecule has 1 aromatic heterocycles. The van der Waals surface area contributed by atoms with Gasteiger partial charge in [0.15, 0.2) is 5.60 Å². The molecule has 1 aromatic rings. The van der Waals surface area contributed by atoms with E-state index in [1.54, 1.807) is 23.1 Å². The molecular weight excluding hydrogens is 280 g/mol. The van der Waals surface area contributed by atoms with Crippen LogP contribution in [0.4, 0.5) is 0 Å². The summed E-state index contributed by atoms with van der Waals surface area (Å²) in [6.07, 6.45) is 0.532. The van der Waals surface area contributed by atoms with Crippen LogP contribution in [0.15, 0.2) is 5.38 Å². The number of nitrogens with one attached hydrogen (secondary N) is 1. The maximum Gasteiger partial charge on any atom is 0.253 e. The van der Waals surface area contributed by atoms with Crippen molar-refractivity contribution in [3.63, 3.8) is 0 Å². The van der Waals surface area contributed by atoms with Crippen LogP contribution < -0.4 is 5.32 Å². The average molecular weight is 300 g/mol. The third-order valence-corrected chi connectivity index (χ3v) is 5.59. The zero-order chi connectivity index (χ0) is 14.0. The van der Waals surface area contributed by atoms with E-state index in [4.69, 9.17) is 0 Å². The molecule has 2 heterocycles. The Balaban J connectivity index is 2.00. The lowest BCUT2D eigenvalue weighted by molar-refractivity contribution is -0.138. The number of rotatable bonds is 4. The van der Waals surface area contributed by atoms with Gasteiger partial charge in [-0.25, -0.2) is 4.98 Å². The molecule has 2 N–H and O–H groups in total. The first-order valence-electron chi connectivity index (χ1n) is 6.49. The fourth-order valence-corrected chi connectivity index (χ4v) is 4.07. The molecule has 2 unspecified atom stereocenters. The molecule has 0 saturated carbocycles. The van der Waals surface area contributed by atoms with Crippen molar-refractivity contribution in [3.8, 4) is 0 Å². The number of hydrogen-bond donors (Lipinski definition) is 2. The highest BCUT2D eigenvalue weighted by atomic mass is 32.2. The molecule has 0 aromatic carbocycles. The normalized spacial score (nSPS) is 24.7. The highest BCUT2D eigenvalue weighted by Crippen LogP contribution is 2.29. The van der Waals surface area contributed by atoms with Crippen molar-refractivity contribution in [1.82, 2.24) is 10.3 Å². The van der Waals surface area contributed by atoms with Gasteiger partial charge in [-0.1, -0.05) is 13.8 Å². The molecule has 1 aliphatic rings. The van der Waals surface area contributed by atoms with Crippen molar-refractivity contribution in [2.75, 3.05) is 11.5 Å². The minimum atomic E-state index is -1.20. The number of nitrogens with zero attached hydrogens (tertiary/aromatic N) is 1. The number of aromatic nitrogens is 1. The zero-order valence-corrected chi connectivity index (χ0v) is 13.1. The molecule has 1 saturated heterocycles. The summed E-state index contributed by atoms with van der Waals surface area (Å²) in [6.45, 7) is 6.11. The van der Waals surface area contributed by atoms with E-state index in [1.165, 1.54) is 0 Å². The SMILES string of the molecule is CC(C)c1nc(C(C)NC(=O)C2(O)CCSC2)cs1. The predicted octanol–water partition coefficient (Wildman–Crippen LogP) is 2.31. The van der Waals surface area contributed by atoms with Crippen LogP contribution in [0.3, 0.4) is 0 Å². The van der Waals surface area contributed by atoms with Crippen LogP contribution in [0.2, 0.25) is 0 Å². The molecule has 0 spiro atoms. The van der Waals surface area contributed by atoms with Crippen molar-refractivity contribution in [1.29, 1.82) is 0 Å². The van der Waals surface area contributed by atoms with Gasteiger partial charge in [-0.2, -0.15) is 11.8 Å². The van der Waals surface area contributed by atoms with E-state index in [2.05, 4.69) is 24.1 Å². The van der Waals surface area contributed by atoms with Crippen LogP contribution in [-0.4, -0.2) is 33.1 Å². The molecule has 4 nitrogen and oxygen atoms in total. The molecule has 19 heavy (non-hydrogen) atoms. The molecule has 106 valence electrons. The Labute approximate surface area is 122 Å². The maximum atomic E-state index is 12.1. The first kappa shape index (κ1) is 14.8. The van der Waals surface area contributed by atoms with E-state index in [1.807, 2.05) is 12.3 Å². The van der Waals surface area contributed by atoms with E-state index >= 15 is 0 Å². The minimum Gasteiger partial charge on any atom is -0.379 e. The van der Waals surface area contributed by atoms with Gasteiger partial charge in [0, 0.05) is 17.1 Å². The maximum absolute atomic E-state index is 12.1. The largest absolute Gasteiger partial charge is 0.379 e. The molecule has 1 amide bonds. The molecule has 1 fully saturated rings. The Morgan fingerprint density at radius 2 is 2.26 bits per heavy atom. The van der Waals surface area contributed by atoms with Crippen LogP contribution in [0, 0.1) is 0 Å². The molecular formula is C13H20N2O2S2. The molecule has 2 atom stereocenters. The smallest absolute Gasteiger partial charge is 0.253 e. The Morgan fingerprint density at radius 1 is 1.53 bits per heavy atom. The van der Waals surface area contributed by atoms with Gasteiger partial charge < -0.3 is 10.4 Å². The topological polar surface area (TPSA) is 62.2 Å². The average Bonchev–Trinajstić information content (AvgIpc) is 2.97. The third-order valence-electron chi connectivity index (χ3n) is 3.25. The standard InChI is InChI=1S/C13H20N2O2S2/c1-8(2)11-15-10(6-19-11)9(3)14-12(16)13(17)4-5-18-7-13/h6,8-9,17H,4-5,7H2,1-3H3,(H,14,16). The number of carbonyl (C=O) groups excluding carboxylic acids is 1. The second-order valence-electron chi connectivity index (χ2n) is 5.29. The van der Waals surface area contributed by atoms with Crippen LogP contribution in [0.1, 0.15) is 49.9 Å². The second-order valence-corrected chi connectivity index (χ2v) is 7.29. The lowest BCUT2D eigenvalue weighted by atomic mass is 10.0. The number of carbonyl (C=O) groups is 1. The summed E-state index contributed by atoms with van der Waals surface area (Å²) in [7, 11) is 0. The van der Waals surface area contributed by atoms with Gasteiger partial charge in [0.2, 0.25) is 0 Å². The van der Waals surface area contributed by atoms with E-state index in [-0.39, 0.29) is 11.9 Å². The van der Waals surface area contributed by atoms with Gasteiger partial charge >= 0.3 is 0 Å². The number of thioether (sulfide) groups is 1. The first-order valence-corrected chi connectivity index (χ1v) is 8.52.